The van der Waals surface area contributed by atoms with Crippen molar-refractivity contribution in [2.75, 3.05) is 24.7 Å². The third kappa shape index (κ3) is 4.70. The minimum absolute atomic E-state index is 0.0190. The van der Waals surface area contributed by atoms with E-state index in [4.69, 9.17) is 4.74 Å². The van der Waals surface area contributed by atoms with E-state index in [-0.39, 0.29) is 29.6 Å². The Labute approximate surface area is 172 Å². The van der Waals surface area contributed by atoms with Crippen LogP contribution in [-0.2, 0) is 19.4 Å². The highest BCUT2D eigenvalue weighted by Gasteiger charge is 2.39. The smallest absolute Gasteiger partial charge is 0.234 e. The highest BCUT2D eigenvalue weighted by molar-refractivity contribution is 7.91. The molecule has 0 aromatic heterocycles. The van der Waals surface area contributed by atoms with E-state index in [9.17, 15) is 13.2 Å². The van der Waals surface area contributed by atoms with Crippen LogP contribution in [0.4, 0.5) is 0 Å². The molecular weight excluding hydrogens is 386 g/mol. The first kappa shape index (κ1) is 20.1. The molecule has 2 aromatic rings. The molecule has 2 saturated heterocycles. The SMILES string of the molecule is O=C(C(c1ccccc1)c1ccccc1)N(C[C@@H]1CCCO1)[C@H]1CCS(=O)(=O)C1. The normalized spacial score (nSPS) is 23.3. The predicted octanol–water partition coefficient (Wildman–Crippen LogP) is 3.01. The number of benzene rings is 2. The minimum Gasteiger partial charge on any atom is -0.376 e. The number of carbonyl (C=O) groups is 1. The molecule has 154 valence electrons. The molecule has 0 saturated carbocycles. The van der Waals surface area contributed by atoms with Gasteiger partial charge in [0, 0.05) is 19.2 Å². The summed E-state index contributed by atoms with van der Waals surface area (Å²) in [4.78, 5) is 15.7. The fraction of sp³-hybridized carbons (Fsp3) is 0.435. The monoisotopic (exact) mass is 413 g/mol. The molecular formula is C23H27NO4S. The molecule has 1 amide bonds. The number of ether oxygens (including phenoxy) is 1. The zero-order valence-corrected chi connectivity index (χ0v) is 17.3. The van der Waals surface area contributed by atoms with Crippen molar-refractivity contribution in [2.45, 2.75) is 37.3 Å². The second kappa shape index (κ2) is 8.67. The van der Waals surface area contributed by atoms with Gasteiger partial charge >= 0.3 is 0 Å². The van der Waals surface area contributed by atoms with Crippen molar-refractivity contribution < 1.29 is 17.9 Å². The van der Waals surface area contributed by atoms with E-state index in [1.807, 2.05) is 60.7 Å². The highest BCUT2D eigenvalue weighted by Crippen LogP contribution is 2.30. The minimum atomic E-state index is -3.10. The molecule has 0 aliphatic carbocycles. The van der Waals surface area contributed by atoms with Crippen LogP contribution < -0.4 is 0 Å². The summed E-state index contributed by atoms with van der Waals surface area (Å²) >= 11 is 0. The van der Waals surface area contributed by atoms with Crippen molar-refractivity contribution in [1.29, 1.82) is 0 Å². The van der Waals surface area contributed by atoms with Crippen LogP contribution in [0.3, 0.4) is 0 Å². The van der Waals surface area contributed by atoms with E-state index in [0.717, 1.165) is 24.0 Å². The van der Waals surface area contributed by atoms with Crippen molar-refractivity contribution >= 4 is 15.7 Å². The van der Waals surface area contributed by atoms with Gasteiger partial charge in [0.25, 0.3) is 0 Å². The molecule has 29 heavy (non-hydrogen) atoms. The van der Waals surface area contributed by atoms with Gasteiger partial charge in [0.05, 0.1) is 23.5 Å². The second-order valence-electron chi connectivity index (χ2n) is 7.94. The molecule has 2 aliphatic heterocycles. The third-order valence-corrected chi connectivity index (χ3v) is 7.62. The van der Waals surface area contributed by atoms with E-state index >= 15 is 0 Å². The van der Waals surface area contributed by atoms with Gasteiger partial charge in [-0.3, -0.25) is 4.79 Å². The standard InChI is InChI=1S/C23H27NO4S/c25-23(22(18-8-3-1-4-9-18)19-10-5-2-6-11-19)24(16-21-12-7-14-28-21)20-13-15-29(26,27)17-20/h1-6,8-11,20-22H,7,12-17H2/t20-,21-/m0/s1. The Hall–Kier alpha value is -2.18. The van der Waals surface area contributed by atoms with Gasteiger partial charge in [-0.15, -0.1) is 0 Å². The molecule has 2 aliphatic rings. The lowest BCUT2D eigenvalue weighted by molar-refractivity contribution is -0.135. The number of carbonyl (C=O) groups excluding carboxylic acids is 1. The zero-order valence-electron chi connectivity index (χ0n) is 16.4. The summed E-state index contributed by atoms with van der Waals surface area (Å²) in [6.45, 7) is 1.16. The number of amides is 1. The summed E-state index contributed by atoms with van der Waals surface area (Å²) in [6.07, 6.45) is 2.37. The number of nitrogens with zero attached hydrogens (tertiary/aromatic N) is 1. The van der Waals surface area contributed by atoms with E-state index in [0.29, 0.717) is 19.6 Å². The average molecular weight is 414 g/mol. The van der Waals surface area contributed by atoms with E-state index in [1.165, 1.54) is 0 Å². The fourth-order valence-corrected chi connectivity index (χ4v) is 6.11. The number of hydrogen-bond donors (Lipinski definition) is 0. The van der Waals surface area contributed by atoms with Crippen molar-refractivity contribution in [2.24, 2.45) is 0 Å². The Morgan fingerprint density at radius 2 is 1.62 bits per heavy atom. The molecule has 0 spiro atoms. The van der Waals surface area contributed by atoms with Crippen LogP contribution in [0.25, 0.3) is 0 Å². The van der Waals surface area contributed by atoms with Gasteiger partial charge in [0.15, 0.2) is 9.84 Å². The second-order valence-corrected chi connectivity index (χ2v) is 10.2. The number of sulfone groups is 1. The van der Waals surface area contributed by atoms with Crippen molar-refractivity contribution in [3.05, 3.63) is 71.8 Å². The molecule has 0 radical (unpaired) electrons. The molecule has 2 heterocycles. The summed E-state index contributed by atoms with van der Waals surface area (Å²) in [5.74, 6) is -0.308. The molecule has 2 aromatic carbocycles. The lowest BCUT2D eigenvalue weighted by Crippen LogP contribution is -2.47. The van der Waals surface area contributed by atoms with E-state index in [1.54, 1.807) is 4.90 Å². The summed E-state index contributed by atoms with van der Waals surface area (Å²) in [5.41, 5.74) is 1.84. The molecule has 2 fully saturated rings. The third-order valence-electron chi connectivity index (χ3n) is 5.87. The van der Waals surface area contributed by atoms with Crippen molar-refractivity contribution in [3.8, 4) is 0 Å². The summed E-state index contributed by atoms with van der Waals surface area (Å²) < 4.78 is 30.1. The summed E-state index contributed by atoms with van der Waals surface area (Å²) in [5, 5.41) is 0. The Bertz CT molecular complexity index is 884. The van der Waals surface area contributed by atoms with Crippen LogP contribution >= 0.6 is 0 Å². The number of hydrogen-bond acceptors (Lipinski definition) is 4. The van der Waals surface area contributed by atoms with Gasteiger partial charge < -0.3 is 9.64 Å². The van der Waals surface area contributed by atoms with Crippen molar-refractivity contribution in [3.63, 3.8) is 0 Å². The molecule has 0 unspecified atom stereocenters. The Balaban J connectivity index is 1.69. The molecule has 5 nitrogen and oxygen atoms in total. The lowest BCUT2D eigenvalue weighted by Gasteiger charge is -2.34. The molecule has 2 atom stereocenters. The predicted molar refractivity (Wildman–Crippen MR) is 112 cm³/mol. The molecule has 0 N–H and O–H groups in total. The Morgan fingerprint density at radius 3 is 2.10 bits per heavy atom. The van der Waals surface area contributed by atoms with Crippen LogP contribution in [0, 0.1) is 0 Å². The largest absolute Gasteiger partial charge is 0.376 e. The van der Waals surface area contributed by atoms with Crippen LogP contribution in [0.2, 0.25) is 0 Å². The number of rotatable bonds is 6. The van der Waals surface area contributed by atoms with Gasteiger partial charge in [-0.25, -0.2) is 8.42 Å². The van der Waals surface area contributed by atoms with Crippen LogP contribution in [-0.4, -0.2) is 56.0 Å². The molecule has 6 heteroatoms. The maximum Gasteiger partial charge on any atom is 0.234 e. The van der Waals surface area contributed by atoms with Gasteiger partial charge in [-0.1, -0.05) is 60.7 Å². The maximum atomic E-state index is 13.9. The Morgan fingerprint density at radius 1 is 1.00 bits per heavy atom. The van der Waals surface area contributed by atoms with Crippen LogP contribution in [0.1, 0.15) is 36.3 Å². The van der Waals surface area contributed by atoms with E-state index < -0.39 is 15.8 Å². The quantitative estimate of drug-likeness (QED) is 0.730. The fourth-order valence-electron chi connectivity index (χ4n) is 4.38. The van der Waals surface area contributed by atoms with Gasteiger partial charge in [0.1, 0.15) is 0 Å². The molecule has 4 rings (SSSR count). The summed E-state index contributed by atoms with van der Waals surface area (Å²) in [6, 6.07) is 19.2. The van der Waals surface area contributed by atoms with E-state index in [2.05, 4.69) is 0 Å². The van der Waals surface area contributed by atoms with Gasteiger partial charge in [0.2, 0.25) is 5.91 Å². The zero-order chi connectivity index (χ0) is 20.3. The van der Waals surface area contributed by atoms with Gasteiger partial charge in [-0.05, 0) is 30.4 Å². The maximum absolute atomic E-state index is 13.9. The summed E-state index contributed by atoms with van der Waals surface area (Å²) in [7, 11) is -3.10. The lowest BCUT2D eigenvalue weighted by atomic mass is 9.89. The first-order valence-corrected chi connectivity index (χ1v) is 12.1. The first-order valence-electron chi connectivity index (χ1n) is 10.3. The molecule has 0 bridgehead atoms. The van der Waals surface area contributed by atoms with Gasteiger partial charge in [-0.2, -0.15) is 0 Å². The van der Waals surface area contributed by atoms with Crippen molar-refractivity contribution in [1.82, 2.24) is 4.90 Å². The van der Waals surface area contributed by atoms with Crippen LogP contribution in [0.15, 0.2) is 60.7 Å². The Kier molecular flexibility index (Phi) is 6.01. The first-order chi connectivity index (χ1) is 14.0. The highest BCUT2D eigenvalue weighted by atomic mass is 32.2. The topological polar surface area (TPSA) is 63.7 Å². The average Bonchev–Trinajstić information content (AvgIpc) is 3.37. The van der Waals surface area contributed by atoms with Crippen LogP contribution in [0.5, 0.6) is 0 Å².